The van der Waals surface area contributed by atoms with E-state index >= 15 is 0 Å². The van der Waals surface area contributed by atoms with Crippen LogP contribution in [-0.4, -0.2) is 48.9 Å². The maximum Gasteiger partial charge on any atom is 0.273 e. The third-order valence-corrected chi connectivity index (χ3v) is 4.19. The van der Waals surface area contributed by atoms with Gasteiger partial charge < -0.3 is 21.7 Å². The molecular formula is C16H21N9O2. The summed E-state index contributed by atoms with van der Waals surface area (Å²) in [5.41, 5.74) is 5.93. The summed E-state index contributed by atoms with van der Waals surface area (Å²) in [4.78, 5) is 27.3. The number of nitrogens with two attached hydrogens (primary N) is 1. The van der Waals surface area contributed by atoms with Gasteiger partial charge in [-0.3, -0.25) is 14.3 Å². The van der Waals surface area contributed by atoms with E-state index < -0.39 is 5.91 Å². The molecule has 2 atom stereocenters. The molecule has 11 nitrogen and oxygen atoms in total. The summed E-state index contributed by atoms with van der Waals surface area (Å²) >= 11 is 0. The van der Waals surface area contributed by atoms with Crippen molar-refractivity contribution in [1.29, 1.82) is 0 Å². The molecule has 5 N–H and O–H groups in total. The van der Waals surface area contributed by atoms with Crippen molar-refractivity contribution in [3.05, 3.63) is 30.7 Å². The van der Waals surface area contributed by atoms with Gasteiger partial charge in [0.2, 0.25) is 11.9 Å². The number of anilines is 3. The first-order valence-corrected chi connectivity index (χ1v) is 8.44. The minimum Gasteiger partial charge on any atom is -0.364 e. The Morgan fingerprint density at radius 1 is 1.33 bits per heavy atom. The highest BCUT2D eigenvalue weighted by Crippen LogP contribution is 2.23. The van der Waals surface area contributed by atoms with Gasteiger partial charge in [-0.05, 0) is 25.3 Å². The van der Waals surface area contributed by atoms with Gasteiger partial charge in [0.25, 0.3) is 5.91 Å². The Balaban J connectivity index is 1.71. The number of aromatic nitrogens is 5. The molecule has 11 heteroatoms. The van der Waals surface area contributed by atoms with Gasteiger partial charge in [-0.1, -0.05) is 6.58 Å². The number of aryl methyl sites for hydroxylation is 1. The average molecular weight is 371 g/mol. The van der Waals surface area contributed by atoms with Crippen LogP contribution in [0.5, 0.6) is 0 Å². The van der Waals surface area contributed by atoms with Crippen molar-refractivity contribution >= 4 is 29.3 Å². The largest absolute Gasteiger partial charge is 0.364 e. The summed E-state index contributed by atoms with van der Waals surface area (Å²) in [5.74, 6) is -0.456. The Morgan fingerprint density at radius 3 is 2.78 bits per heavy atom. The molecule has 1 aliphatic rings. The first kappa shape index (κ1) is 18.3. The highest BCUT2D eigenvalue weighted by molar-refractivity contribution is 5.96. The summed E-state index contributed by atoms with van der Waals surface area (Å²) in [6, 6.07) is 0.145. The molecule has 2 aromatic heterocycles. The van der Waals surface area contributed by atoms with E-state index in [0.717, 1.165) is 19.3 Å². The molecule has 0 aromatic carbocycles. The predicted molar refractivity (Wildman–Crippen MR) is 98.2 cm³/mol. The molecule has 0 bridgehead atoms. The SMILES string of the molecule is C=CC(=O)NC1CC[C@@H](Nc2nnc(C(N)=O)c(Nc3cnn(C)c3)n2)C1. The Labute approximate surface area is 155 Å². The molecule has 3 rings (SSSR count). The lowest BCUT2D eigenvalue weighted by Gasteiger charge is -2.14. The van der Waals surface area contributed by atoms with Gasteiger partial charge in [-0.2, -0.15) is 10.1 Å². The fraction of sp³-hybridized carbons (Fsp3) is 0.375. The fourth-order valence-electron chi connectivity index (χ4n) is 2.95. The third-order valence-electron chi connectivity index (χ3n) is 4.19. The van der Waals surface area contributed by atoms with E-state index in [-0.39, 0.29) is 35.5 Å². The van der Waals surface area contributed by atoms with E-state index in [1.54, 1.807) is 24.1 Å². The number of carbonyl (C=O) groups excluding carboxylic acids is 2. The smallest absolute Gasteiger partial charge is 0.273 e. The second-order valence-corrected chi connectivity index (χ2v) is 6.29. The number of nitrogens with zero attached hydrogens (tertiary/aromatic N) is 5. The molecular weight excluding hydrogens is 350 g/mol. The molecule has 0 saturated heterocycles. The minimum atomic E-state index is -0.735. The molecule has 1 aliphatic carbocycles. The zero-order chi connectivity index (χ0) is 19.4. The lowest BCUT2D eigenvalue weighted by Crippen LogP contribution is -2.32. The van der Waals surface area contributed by atoms with Crippen LogP contribution in [0.3, 0.4) is 0 Å². The van der Waals surface area contributed by atoms with Crippen LogP contribution in [0.2, 0.25) is 0 Å². The highest BCUT2D eigenvalue weighted by atomic mass is 16.2. The topological polar surface area (TPSA) is 153 Å². The molecule has 0 aliphatic heterocycles. The lowest BCUT2D eigenvalue weighted by atomic mass is 10.2. The van der Waals surface area contributed by atoms with Gasteiger partial charge in [0.1, 0.15) is 0 Å². The van der Waals surface area contributed by atoms with Gasteiger partial charge in [0.15, 0.2) is 11.5 Å². The van der Waals surface area contributed by atoms with Crippen LogP contribution in [0.1, 0.15) is 29.8 Å². The van der Waals surface area contributed by atoms with E-state index in [9.17, 15) is 9.59 Å². The van der Waals surface area contributed by atoms with Gasteiger partial charge in [0, 0.05) is 25.3 Å². The number of nitrogens with one attached hydrogen (secondary N) is 3. The summed E-state index contributed by atoms with van der Waals surface area (Å²) in [7, 11) is 1.77. The second kappa shape index (κ2) is 7.81. The van der Waals surface area contributed by atoms with Gasteiger partial charge in [0.05, 0.1) is 11.9 Å². The van der Waals surface area contributed by atoms with E-state index in [4.69, 9.17) is 5.73 Å². The van der Waals surface area contributed by atoms with Gasteiger partial charge in [-0.15, -0.1) is 10.2 Å². The fourth-order valence-corrected chi connectivity index (χ4v) is 2.95. The highest BCUT2D eigenvalue weighted by Gasteiger charge is 2.26. The summed E-state index contributed by atoms with van der Waals surface area (Å²) in [5, 5.41) is 20.9. The van der Waals surface area contributed by atoms with Crippen molar-refractivity contribution in [2.75, 3.05) is 10.6 Å². The summed E-state index contributed by atoms with van der Waals surface area (Å²) in [6.45, 7) is 3.45. The van der Waals surface area contributed by atoms with Crippen LogP contribution in [0.25, 0.3) is 0 Å². The number of carbonyl (C=O) groups is 2. The van der Waals surface area contributed by atoms with E-state index in [1.165, 1.54) is 6.08 Å². The molecule has 1 unspecified atom stereocenters. The summed E-state index contributed by atoms with van der Waals surface area (Å²) in [6.07, 6.45) is 6.98. The van der Waals surface area contributed by atoms with Crippen molar-refractivity contribution in [2.45, 2.75) is 31.3 Å². The molecule has 2 aromatic rings. The van der Waals surface area contributed by atoms with Gasteiger partial charge >= 0.3 is 0 Å². The van der Waals surface area contributed by atoms with Crippen LogP contribution in [0.15, 0.2) is 25.0 Å². The van der Waals surface area contributed by atoms with E-state index in [0.29, 0.717) is 5.69 Å². The Morgan fingerprint density at radius 2 is 2.11 bits per heavy atom. The Kier molecular flexibility index (Phi) is 5.29. The van der Waals surface area contributed by atoms with Crippen molar-refractivity contribution < 1.29 is 9.59 Å². The summed E-state index contributed by atoms with van der Waals surface area (Å²) < 4.78 is 1.61. The lowest BCUT2D eigenvalue weighted by molar-refractivity contribution is -0.117. The zero-order valence-corrected chi connectivity index (χ0v) is 14.8. The van der Waals surface area contributed by atoms with Crippen LogP contribution in [0, 0.1) is 0 Å². The first-order valence-electron chi connectivity index (χ1n) is 8.44. The number of amides is 2. The molecule has 0 radical (unpaired) electrons. The first-order chi connectivity index (χ1) is 12.9. The molecule has 1 fully saturated rings. The van der Waals surface area contributed by atoms with E-state index in [1.807, 2.05) is 0 Å². The molecule has 0 spiro atoms. The van der Waals surface area contributed by atoms with Crippen LogP contribution < -0.4 is 21.7 Å². The molecule has 2 heterocycles. The van der Waals surface area contributed by atoms with E-state index in [2.05, 4.69) is 42.8 Å². The average Bonchev–Trinajstić information content (AvgIpc) is 3.23. The normalized spacial score (nSPS) is 18.7. The van der Waals surface area contributed by atoms with Crippen molar-refractivity contribution in [1.82, 2.24) is 30.3 Å². The van der Waals surface area contributed by atoms with Crippen LogP contribution >= 0.6 is 0 Å². The van der Waals surface area contributed by atoms with Crippen molar-refractivity contribution in [3.8, 4) is 0 Å². The number of hydrogen-bond donors (Lipinski definition) is 4. The maximum atomic E-state index is 11.6. The molecule has 1 saturated carbocycles. The standard InChI is InChI=1S/C16H21N9O2/c1-3-12(26)19-9-4-5-10(6-9)21-16-22-15(13(14(17)27)23-24-16)20-11-7-18-25(2)8-11/h3,7-10H,1,4-6H2,2H3,(H2,17,27)(H,19,26)(H2,20,21,22,24)/t9?,10-/m1/s1. The Bertz CT molecular complexity index is 863. The Hall–Kier alpha value is -3.50. The van der Waals surface area contributed by atoms with Crippen LogP contribution in [0.4, 0.5) is 17.5 Å². The van der Waals surface area contributed by atoms with Gasteiger partial charge in [-0.25, -0.2) is 0 Å². The van der Waals surface area contributed by atoms with Crippen molar-refractivity contribution in [3.63, 3.8) is 0 Å². The number of primary amides is 1. The molecule has 27 heavy (non-hydrogen) atoms. The minimum absolute atomic E-state index is 0.0630. The quantitative estimate of drug-likeness (QED) is 0.499. The maximum absolute atomic E-state index is 11.6. The third kappa shape index (κ3) is 4.57. The zero-order valence-electron chi connectivity index (χ0n) is 14.8. The van der Waals surface area contributed by atoms with Crippen LogP contribution in [-0.2, 0) is 11.8 Å². The molecule has 2 amide bonds. The molecule has 142 valence electrons. The van der Waals surface area contributed by atoms with Crippen molar-refractivity contribution in [2.24, 2.45) is 12.8 Å². The number of rotatable bonds is 7. The number of hydrogen-bond acceptors (Lipinski definition) is 8. The second-order valence-electron chi connectivity index (χ2n) is 6.29. The monoisotopic (exact) mass is 371 g/mol. The predicted octanol–water partition coefficient (Wildman–Crippen LogP) is 0.0828.